The van der Waals surface area contributed by atoms with E-state index in [2.05, 4.69) is 20.8 Å². The molecule has 2 amide bonds. The Morgan fingerprint density at radius 2 is 1.78 bits per heavy atom. The number of carbonyl (C=O) groups is 2. The van der Waals surface area contributed by atoms with Gasteiger partial charge in [0, 0.05) is 24.7 Å². The van der Waals surface area contributed by atoms with Crippen LogP contribution in [-0.4, -0.2) is 27.8 Å². The summed E-state index contributed by atoms with van der Waals surface area (Å²) in [5.74, 6) is 0.306. The maximum atomic E-state index is 11.9. The molecule has 138 valence electrons. The molecule has 0 saturated carbocycles. The van der Waals surface area contributed by atoms with E-state index in [9.17, 15) is 9.59 Å². The summed E-state index contributed by atoms with van der Waals surface area (Å²) >= 11 is 1.18. The van der Waals surface area contributed by atoms with Crippen LogP contribution in [0.2, 0.25) is 0 Å². The fourth-order valence-electron chi connectivity index (χ4n) is 2.26. The van der Waals surface area contributed by atoms with Gasteiger partial charge in [0.15, 0.2) is 0 Å². The number of carbonyl (C=O) groups excluding carboxylic acids is 2. The summed E-state index contributed by atoms with van der Waals surface area (Å²) in [6.07, 6.45) is 0. The van der Waals surface area contributed by atoms with Crippen molar-refractivity contribution in [2.45, 2.75) is 18.7 Å². The first-order chi connectivity index (χ1) is 13.1. The zero-order valence-electron chi connectivity index (χ0n) is 14.6. The number of nitrogens with zero attached hydrogens (tertiary/aromatic N) is 2. The Balaban J connectivity index is 1.50. The third-order valence-electron chi connectivity index (χ3n) is 3.52. The topological polar surface area (TPSA) is 97.1 Å². The molecule has 8 heteroatoms. The average Bonchev–Trinajstić information content (AvgIpc) is 3.15. The molecule has 0 saturated heterocycles. The third-order valence-corrected chi connectivity index (χ3v) is 4.34. The molecule has 3 rings (SSSR count). The van der Waals surface area contributed by atoms with Crippen LogP contribution >= 0.6 is 11.8 Å². The molecular weight excluding hydrogens is 364 g/mol. The average molecular weight is 382 g/mol. The third kappa shape index (κ3) is 5.68. The van der Waals surface area contributed by atoms with Gasteiger partial charge in [-0.25, -0.2) is 0 Å². The first-order valence-electron chi connectivity index (χ1n) is 8.25. The van der Waals surface area contributed by atoms with Crippen molar-refractivity contribution in [3.05, 3.63) is 60.2 Å². The van der Waals surface area contributed by atoms with Crippen LogP contribution < -0.4 is 10.6 Å². The molecule has 2 aromatic carbocycles. The molecule has 0 aliphatic heterocycles. The molecule has 0 aliphatic rings. The molecule has 2 N–H and O–H groups in total. The van der Waals surface area contributed by atoms with Gasteiger partial charge in [0.1, 0.15) is 0 Å². The fourth-order valence-corrected chi connectivity index (χ4v) is 2.85. The Bertz CT molecular complexity index is 910. The first kappa shape index (κ1) is 18.7. The Morgan fingerprint density at radius 1 is 1.04 bits per heavy atom. The molecule has 0 radical (unpaired) electrons. The highest BCUT2D eigenvalue weighted by Crippen LogP contribution is 2.24. The van der Waals surface area contributed by atoms with E-state index in [4.69, 9.17) is 4.42 Å². The van der Waals surface area contributed by atoms with Crippen molar-refractivity contribution in [3.63, 3.8) is 0 Å². The minimum atomic E-state index is -0.134. The van der Waals surface area contributed by atoms with Gasteiger partial charge in [0.05, 0.1) is 5.75 Å². The number of rotatable bonds is 7. The summed E-state index contributed by atoms with van der Waals surface area (Å²) < 4.78 is 5.58. The minimum Gasteiger partial charge on any atom is -0.411 e. The van der Waals surface area contributed by atoms with E-state index < -0.39 is 0 Å². The second kappa shape index (κ2) is 9.00. The summed E-state index contributed by atoms with van der Waals surface area (Å²) in [6.45, 7) is 1.93. The Hall–Kier alpha value is -3.13. The van der Waals surface area contributed by atoms with E-state index in [1.165, 1.54) is 18.7 Å². The lowest BCUT2D eigenvalue weighted by Crippen LogP contribution is -2.24. The highest BCUT2D eigenvalue weighted by molar-refractivity contribution is 7.99. The highest BCUT2D eigenvalue weighted by atomic mass is 32.2. The van der Waals surface area contributed by atoms with E-state index >= 15 is 0 Å². The Kier molecular flexibility index (Phi) is 6.22. The minimum absolute atomic E-state index is 0.108. The van der Waals surface area contributed by atoms with E-state index in [0.29, 0.717) is 23.3 Å². The van der Waals surface area contributed by atoms with Gasteiger partial charge in [0.2, 0.25) is 17.7 Å². The van der Waals surface area contributed by atoms with Crippen LogP contribution in [0.3, 0.4) is 0 Å². The second-order valence-electron chi connectivity index (χ2n) is 5.68. The number of benzene rings is 2. The fraction of sp³-hybridized carbons (Fsp3) is 0.158. The number of anilines is 1. The molecule has 0 aliphatic carbocycles. The van der Waals surface area contributed by atoms with Gasteiger partial charge < -0.3 is 15.1 Å². The van der Waals surface area contributed by atoms with Gasteiger partial charge in [-0.3, -0.25) is 9.59 Å². The largest absolute Gasteiger partial charge is 0.411 e. The van der Waals surface area contributed by atoms with Crippen LogP contribution in [0.25, 0.3) is 11.5 Å². The van der Waals surface area contributed by atoms with Crippen molar-refractivity contribution in [1.29, 1.82) is 0 Å². The van der Waals surface area contributed by atoms with Crippen LogP contribution in [0.4, 0.5) is 5.69 Å². The number of hydrogen-bond acceptors (Lipinski definition) is 6. The molecule has 7 nitrogen and oxygen atoms in total. The second-order valence-corrected chi connectivity index (χ2v) is 6.61. The number of thioether (sulfide) groups is 1. The monoisotopic (exact) mass is 382 g/mol. The summed E-state index contributed by atoms with van der Waals surface area (Å²) in [5.41, 5.74) is 2.46. The maximum Gasteiger partial charge on any atom is 0.277 e. The van der Waals surface area contributed by atoms with Gasteiger partial charge in [-0.05, 0) is 29.8 Å². The lowest BCUT2D eigenvalue weighted by molar-refractivity contribution is -0.118. The van der Waals surface area contributed by atoms with Crippen molar-refractivity contribution >= 4 is 29.3 Å². The zero-order valence-corrected chi connectivity index (χ0v) is 15.5. The van der Waals surface area contributed by atoms with Crippen LogP contribution in [0.5, 0.6) is 0 Å². The zero-order chi connectivity index (χ0) is 19.1. The molecule has 0 atom stereocenters. The Morgan fingerprint density at radius 3 is 2.48 bits per heavy atom. The molecule has 1 heterocycles. The maximum absolute atomic E-state index is 11.9. The van der Waals surface area contributed by atoms with Gasteiger partial charge in [0.25, 0.3) is 5.22 Å². The molecular formula is C19H18N4O3S. The number of nitrogens with one attached hydrogen (secondary N) is 2. The lowest BCUT2D eigenvalue weighted by atomic mass is 10.2. The van der Waals surface area contributed by atoms with Crippen LogP contribution in [0, 0.1) is 0 Å². The summed E-state index contributed by atoms with van der Waals surface area (Å²) in [7, 11) is 0. The van der Waals surface area contributed by atoms with Crippen molar-refractivity contribution in [2.75, 3.05) is 11.1 Å². The lowest BCUT2D eigenvalue weighted by Gasteiger charge is -2.03. The van der Waals surface area contributed by atoms with Gasteiger partial charge in [-0.15, -0.1) is 10.2 Å². The smallest absolute Gasteiger partial charge is 0.277 e. The SMILES string of the molecule is CC(=O)Nc1ccc(-c2nnc(SCC(=O)NCc3ccccc3)o2)cc1. The molecule has 0 spiro atoms. The van der Waals surface area contributed by atoms with Crippen molar-refractivity contribution in [3.8, 4) is 11.5 Å². The predicted octanol–water partition coefficient (Wildman–Crippen LogP) is 3.10. The molecule has 27 heavy (non-hydrogen) atoms. The molecule has 3 aromatic rings. The van der Waals surface area contributed by atoms with Crippen LogP contribution in [0.15, 0.2) is 64.2 Å². The normalized spacial score (nSPS) is 10.4. The van der Waals surface area contributed by atoms with Crippen molar-refractivity contribution < 1.29 is 14.0 Å². The highest BCUT2D eigenvalue weighted by Gasteiger charge is 2.11. The summed E-state index contributed by atoms with van der Waals surface area (Å²) in [5, 5.41) is 13.8. The van der Waals surface area contributed by atoms with Crippen LogP contribution in [0.1, 0.15) is 12.5 Å². The summed E-state index contributed by atoms with van der Waals surface area (Å²) in [6, 6.07) is 16.8. The van der Waals surface area contributed by atoms with Gasteiger partial charge >= 0.3 is 0 Å². The van der Waals surface area contributed by atoms with Gasteiger partial charge in [-0.2, -0.15) is 0 Å². The summed E-state index contributed by atoms with van der Waals surface area (Å²) in [4.78, 5) is 23.0. The quantitative estimate of drug-likeness (QED) is 0.610. The molecule has 0 fully saturated rings. The van der Waals surface area contributed by atoms with Crippen LogP contribution in [-0.2, 0) is 16.1 Å². The van der Waals surface area contributed by atoms with E-state index in [0.717, 1.165) is 11.1 Å². The van der Waals surface area contributed by atoms with E-state index in [-0.39, 0.29) is 17.6 Å². The molecule has 0 bridgehead atoms. The molecule has 1 aromatic heterocycles. The van der Waals surface area contributed by atoms with Crippen molar-refractivity contribution in [1.82, 2.24) is 15.5 Å². The molecule has 0 unspecified atom stereocenters. The number of amides is 2. The van der Waals surface area contributed by atoms with E-state index in [1.54, 1.807) is 24.3 Å². The number of aromatic nitrogens is 2. The predicted molar refractivity (Wildman–Crippen MR) is 103 cm³/mol. The van der Waals surface area contributed by atoms with E-state index in [1.807, 2.05) is 30.3 Å². The number of hydrogen-bond donors (Lipinski definition) is 2. The standard InChI is InChI=1S/C19H18N4O3S/c1-13(24)21-16-9-7-15(8-10-16)18-22-23-19(26-18)27-12-17(25)20-11-14-5-3-2-4-6-14/h2-10H,11-12H2,1H3,(H,20,25)(H,21,24). The Labute approximate surface area is 160 Å². The van der Waals surface area contributed by atoms with Crippen molar-refractivity contribution in [2.24, 2.45) is 0 Å². The first-order valence-corrected chi connectivity index (χ1v) is 9.23. The van der Waals surface area contributed by atoms with Gasteiger partial charge in [-0.1, -0.05) is 42.1 Å².